The minimum Gasteiger partial charge on any atom is -0.462 e. The Hall–Kier alpha value is -1.82. The van der Waals surface area contributed by atoms with E-state index >= 15 is 0 Å². The average molecular weight is 881 g/mol. The molecule has 0 bridgehead atoms. The molecule has 0 radical (unpaired) electrons. The van der Waals surface area contributed by atoms with Crippen molar-refractivity contribution in [1.82, 2.24) is 0 Å². The topological polar surface area (TPSA) is 152 Å². The largest absolute Gasteiger partial charge is 0.462 e. The molecular formula is C52H96O10. The number of carbonyl (C=O) groups is 2. The predicted octanol–water partition coefficient (Wildman–Crippen LogP) is 12.1. The molecule has 0 aromatic carbocycles. The molecule has 6 atom stereocenters. The Morgan fingerprint density at radius 3 is 1.39 bits per heavy atom. The summed E-state index contributed by atoms with van der Waals surface area (Å²) in [5.74, 6) is -0.847. The molecule has 1 saturated heterocycles. The summed E-state index contributed by atoms with van der Waals surface area (Å²) in [7, 11) is 0. The number of carbonyl (C=O) groups excluding carboxylic acids is 2. The number of ether oxygens (including phenoxy) is 4. The van der Waals surface area contributed by atoms with Crippen LogP contribution in [0.5, 0.6) is 0 Å². The third-order valence-electron chi connectivity index (χ3n) is 12.1. The van der Waals surface area contributed by atoms with Crippen molar-refractivity contribution in [2.24, 2.45) is 0 Å². The molecule has 0 spiro atoms. The second-order valence-corrected chi connectivity index (χ2v) is 18.0. The van der Waals surface area contributed by atoms with E-state index in [1.165, 1.54) is 167 Å². The number of aliphatic hydroxyl groups excluding tert-OH is 4. The van der Waals surface area contributed by atoms with E-state index in [0.29, 0.717) is 6.42 Å². The summed E-state index contributed by atoms with van der Waals surface area (Å²) in [4.78, 5) is 25.4. The maximum atomic E-state index is 12.8. The summed E-state index contributed by atoms with van der Waals surface area (Å²) in [5.41, 5.74) is 0. The van der Waals surface area contributed by atoms with Crippen molar-refractivity contribution >= 4 is 11.9 Å². The first-order valence-corrected chi connectivity index (χ1v) is 25.9. The molecule has 0 saturated carbocycles. The number of unbranched alkanes of at least 4 members (excludes halogenated alkanes) is 29. The van der Waals surface area contributed by atoms with Gasteiger partial charge in [0, 0.05) is 12.8 Å². The van der Waals surface area contributed by atoms with E-state index in [0.717, 1.165) is 38.5 Å². The molecule has 1 fully saturated rings. The Bertz CT molecular complexity index is 1060. The standard InChI is InChI=1S/C52H96O10/c1-3-5-7-9-11-13-15-17-19-21-22-23-25-26-28-30-32-34-36-38-40-47(54)59-43-45(44-60-52-51(58)50(57)49(56)46(42-53)62-52)61-48(55)41-39-37-35-33-31-29-27-24-20-18-16-14-12-10-8-6-4-2/h27,29,33,35,45-46,49-53,56-58H,3-26,28,30-32,34,36-44H2,1-2H3/b29-27+,35-33+/t45-,46-,49+,50?,51?,52-/m0/s1. The number of allylic oxidation sites excluding steroid dienone is 4. The van der Waals surface area contributed by atoms with E-state index in [2.05, 4.69) is 38.2 Å². The quantitative estimate of drug-likeness (QED) is 0.0264. The highest BCUT2D eigenvalue weighted by Crippen LogP contribution is 2.23. The highest BCUT2D eigenvalue weighted by atomic mass is 16.7. The van der Waals surface area contributed by atoms with Gasteiger partial charge in [0.15, 0.2) is 12.4 Å². The molecule has 0 aliphatic carbocycles. The maximum absolute atomic E-state index is 12.8. The lowest BCUT2D eigenvalue weighted by molar-refractivity contribution is -0.305. The van der Waals surface area contributed by atoms with Crippen LogP contribution in [0.2, 0.25) is 0 Å². The third kappa shape index (κ3) is 33.7. The van der Waals surface area contributed by atoms with Crippen molar-refractivity contribution in [3.8, 4) is 0 Å². The van der Waals surface area contributed by atoms with Crippen LogP contribution in [0.15, 0.2) is 24.3 Å². The summed E-state index contributed by atoms with van der Waals surface area (Å²) in [5, 5.41) is 40.2. The minimum absolute atomic E-state index is 0.169. The van der Waals surface area contributed by atoms with Crippen LogP contribution in [-0.4, -0.2) is 89.0 Å². The van der Waals surface area contributed by atoms with Gasteiger partial charge in [-0.25, -0.2) is 0 Å². The summed E-state index contributed by atoms with van der Waals surface area (Å²) in [6.07, 6.45) is 42.0. The number of aliphatic hydroxyl groups is 4. The van der Waals surface area contributed by atoms with Crippen LogP contribution in [0.1, 0.15) is 239 Å². The van der Waals surface area contributed by atoms with E-state index in [-0.39, 0.29) is 32.0 Å². The molecule has 0 aromatic heterocycles. The first-order chi connectivity index (χ1) is 30.3. The highest BCUT2D eigenvalue weighted by Gasteiger charge is 2.44. The van der Waals surface area contributed by atoms with Gasteiger partial charge in [0.1, 0.15) is 31.0 Å². The summed E-state index contributed by atoms with van der Waals surface area (Å²) in [6, 6.07) is 0. The Morgan fingerprint density at radius 1 is 0.500 bits per heavy atom. The molecule has 1 aliphatic rings. The zero-order valence-corrected chi connectivity index (χ0v) is 39.9. The number of rotatable bonds is 44. The van der Waals surface area contributed by atoms with Crippen LogP contribution >= 0.6 is 0 Å². The van der Waals surface area contributed by atoms with Crippen molar-refractivity contribution in [1.29, 1.82) is 0 Å². The predicted molar refractivity (Wildman–Crippen MR) is 252 cm³/mol. The molecular weight excluding hydrogens is 785 g/mol. The average Bonchev–Trinajstić information content (AvgIpc) is 3.27. The molecule has 1 rings (SSSR count). The van der Waals surface area contributed by atoms with Gasteiger partial charge in [-0.1, -0.05) is 212 Å². The van der Waals surface area contributed by atoms with Crippen molar-refractivity contribution < 1.29 is 49.0 Å². The second-order valence-electron chi connectivity index (χ2n) is 18.0. The monoisotopic (exact) mass is 881 g/mol. The number of hydrogen-bond acceptors (Lipinski definition) is 10. The van der Waals surface area contributed by atoms with E-state index in [4.69, 9.17) is 18.9 Å². The van der Waals surface area contributed by atoms with Crippen LogP contribution in [0.3, 0.4) is 0 Å². The Kier molecular flexibility index (Phi) is 40.4. The van der Waals surface area contributed by atoms with Crippen molar-refractivity contribution in [2.75, 3.05) is 19.8 Å². The van der Waals surface area contributed by atoms with Gasteiger partial charge in [-0.05, 0) is 38.5 Å². The van der Waals surface area contributed by atoms with E-state index in [1.54, 1.807) is 0 Å². The minimum atomic E-state index is -1.60. The van der Waals surface area contributed by atoms with Crippen molar-refractivity contribution in [3.63, 3.8) is 0 Å². The van der Waals surface area contributed by atoms with Crippen LogP contribution in [0, 0.1) is 0 Å². The Morgan fingerprint density at radius 2 is 0.919 bits per heavy atom. The van der Waals surface area contributed by atoms with Crippen molar-refractivity contribution in [3.05, 3.63) is 24.3 Å². The molecule has 10 heteroatoms. The fourth-order valence-corrected chi connectivity index (χ4v) is 7.99. The molecule has 2 unspecified atom stereocenters. The Balaban J connectivity index is 2.27. The zero-order chi connectivity index (χ0) is 45.1. The van der Waals surface area contributed by atoms with Gasteiger partial charge >= 0.3 is 11.9 Å². The summed E-state index contributed by atoms with van der Waals surface area (Å²) >= 11 is 0. The van der Waals surface area contributed by atoms with E-state index < -0.39 is 49.4 Å². The maximum Gasteiger partial charge on any atom is 0.306 e. The molecule has 1 aliphatic heterocycles. The van der Waals surface area contributed by atoms with Crippen LogP contribution in [0.4, 0.5) is 0 Å². The first kappa shape index (κ1) is 58.2. The summed E-state index contributed by atoms with van der Waals surface area (Å²) in [6.45, 7) is 3.42. The van der Waals surface area contributed by atoms with E-state index in [1.807, 2.05) is 0 Å². The third-order valence-corrected chi connectivity index (χ3v) is 12.1. The van der Waals surface area contributed by atoms with Gasteiger partial charge in [0.25, 0.3) is 0 Å². The first-order valence-electron chi connectivity index (χ1n) is 25.9. The smallest absolute Gasteiger partial charge is 0.306 e. The van der Waals surface area contributed by atoms with Gasteiger partial charge < -0.3 is 39.4 Å². The van der Waals surface area contributed by atoms with E-state index in [9.17, 15) is 30.0 Å². The molecule has 62 heavy (non-hydrogen) atoms. The zero-order valence-electron chi connectivity index (χ0n) is 39.9. The lowest BCUT2D eigenvalue weighted by atomic mass is 9.99. The highest BCUT2D eigenvalue weighted by molar-refractivity contribution is 5.70. The Labute approximate surface area is 379 Å². The molecule has 0 amide bonds. The van der Waals surface area contributed by atoms with Gasteiger partial charge in [-0.2, -0.15) is 0 Å². The van der Waals surface area contributed by atoms with Crippen molar-refractivity contribution in [2.45, 2.75) is 275 Å². The lowest BCUT2D eigenvalue weighted by Crippen LogP contribution is -2.59. The second kappa shape index (κ2) is 43.1. The summed E-state index contributed by atoms with van der Waals surface area (Å²) < 4.78 is 22.2. The van der Waals surface area contributed by atoms with Gasteiger partial charge in [-0.15, -0.1) is 0 Å². The normalized spacial score (nSPS) is 19.7. The van der Waals surface area contributed by atoms with Gasteiger partial charge in [0.05, 0.1) is 13.2 Å². The molecule has 0 aromatic rings. The molecule has 1 heterocycles. The number of hydrogen-bond donors (Lipinski definition) is 4. The molecule has 364 valence electrons. The van der Waals surface area contributed by atoms with Gasteiger partial charge in [-0.3, -0.25) is 9.59 Å². The van der Waals surface area contributed by atoms with Crippen LogP contribution in [-0.2, 0) is 28.5 Å². The number of esters is 2. The fourth-order valence-electron chi connectivity index (χ4n) is 7.99. The lowest BCUT2D eigenvalue weighted by Gasteiger charge is -2.39. The van der Waals surface area contributed by atoms with Crippen LogP contribution in [0.25, 0.3) is 0 Å². The molecule has 4 N–H and O–H groups in total. The van der Waals surface area contributed by atoms with Gasteiger partial charge in [0.2, 0.25) is 0 Å². The fraction of sp³-hybridized carbons (Fsp3) is 0.885. The molecule has 10 nitrogen and oxygen atoms in total. The van der Waals surface area contributed by atoms with Crippen LogP contribution < -0.4 is 0 Å². The SMILES string of the molecule is CCCCCCCCCCC/C=C/C/C=C/CCCC(=O)O[C@@H](COC(=O)CCCCCCCCCCCCCCCCCCCCCC)CO[C@H]1O[C@@H](CO)[C@@H](O)C(O)C1O.